The lowest BCUT2D eigenvalue weighted by Crippen LogP contribution is -1.98. The van der Waals surface area contributed by atoms with Crippen LogP contribution in [0.4, 0.5) is 5.69 Å². The monoisotopic (exact) mass is 294 g/mol. The average molecular weight is 294 g/mol. The summed E-state index contributed by atoms with van der Waals surface area (Å²) in [6.45, 7) is 3.05. The lowest BCUT2D eigenvalue weighted by Gasteiger charge is -2.05. The Hall–Kier alpha value is -1.04. The molecule has 1 heterocycles. The molecule has 0 spiro atoms. The van der Waals surface area contributed by atoms with E-state index in [-0.39, 0.29) is 6.61 Å². The predicted molar refractivity (Wildman–Crippen MR) is 83.0 cm³/mol. The Bertz CT molecular complexity index is 496. The Labute approximate surface area is 122 Å². The molecule has 5 heteroatoms. The van der Waals surface area contributed by atoms with Gasteiger partial charge in [0.2, 0.25) is 0 Å². The van der Waals surface area contributed by atoms with E-state index in [4.69, 9.17) is 5.11 Å². The van der Waals surface area contributed by atoms with Crippen molar-refractivity contribution in [2.75, 3.05) is 17.7 Å². The molecule has 0 atom stereocenters. The van der Waals surface area contributed by atoms with E-state index >= 15 is 0 Å². The van der Waals surface area contributed by atoms with E-state index in [2.05, 4.69) is 39.9 Å². The zero-order valence-electron chi connectivity index (χ0n) is 10.9. The largest absolute Gasteiger partial charge is 0.396 e. The van der Waals surface area contributed by atoms with Crippen LogP contribution in [-0.4, -0.2) is 22.5 Å². The lowest BCUT2D eigenvalue weighted by atomic mass is 10.3. The van der Waals surface area contributed by atoms with Crippen molar-refractivity contribution in [2.24, 2.45) is 0 Å². The van der Waals surface area contributed by atoms with Crippen LogP contribution in [0.2, 0.25) is 0 Å². The zero-order valence-corrected chi connectivity index (χ0v) is 12.6. The molecule has 0 unspecified atom stereocenters. The maximum absolute atomic E-state index is 8.74. The third kappa shape index (κ3) is 4.86. The molecule has 0 aliphatic carbocycles. The number of aliphatic hydroxyl groups excluding tert-OH is 1. The highest BCUT2D eigenvalue weighted by Crippen LogP contribution is 2.21. The number of rotatable bonds is 7. The number of anilines is 1. The summed E-state index contributed by atoms with van der Waals surface area (Å²) in [6.07, 6.45) is 0.841. The summed E-state index contributed by atoms with van der Waals surface area (Å²) >= 11 is 3.46. The maximum Gasteiger partial charge on any atom is 0.112 e. The minimum Gasteiger partial charge on any atom is -0.396 e. The number of benzene rings is 1. The summed E-state index contributed by atoms with van der Waals surface area (Å²) in [7, 11) is 0. The fraction of sp³-hybridized carbons (Fsp3) is 0.357. The minimum absolute atomic E-state index is 0.264. The first-order valence-corrected chi connectivity index (χ1v) is 8.13. The Balaban J connectivity index is 1.81. The van der Waals surface area contributed by atoms with E-state index < -0.39 is 0 Å². The van der Waals surface area contributed by atoms with Crippen molar-refractivity contribution in [1.82, 2.24) is 4.98 Å². The fourth-order valence-corrected chi connectivity index (χ4v) is 3.13. The first-order valence-electron chi connectivity index (χ1n) is 6.26. The molecule has 0 radical (unpaired) electrons. The minimum atomic E-state index is 0.264. The van der Waals surface area contributed by atoms with Gasteiger partial charge in [0.25, 0.3) is 0 Å². The summed E-state index contributed by atoms with van der Waals surface area (Å²) in [6, 6.07) is 8.39. The molecule has 0 fully saturated rings. The highest BCUT2D eigenvalue weighted by Gasteiger charge is 1.99. The third-order valence-corrected chi connectivity index (χ3v) is 4.60. The summed E-state index contributed by atoms with van der Waals surface area (Å²) < 4.78 is 0. The molecule has 0 amide bonds. The number of thiazole rings is 1. The van der Waals surface area contributed by atoms with Crippen molar-refractivity contribution >= 4 is 28.8 Å². The van der Waals surface area contributed by atoms with Gasteiger partial charge in [-0.25, -0.2) is 4.98 Å². The Morgan fingerprint density at radius 3 is 2.74 bits per heavy atom. The van der Waals surface area contributed by atoms with Crippen LogP contribution < -0.4 is 5.32 Å². The van der Waals surface area contributed by atoms with Crippen molar-refractivity contribution in [3.8, 4) is 0 Å². The molecule has 102 valence electrons. The number of hydrogen-bond donors (Lipinski definition) is 2. The third-order valence-electron chi connectivity index (χ3n) is 2.54. The van der Waals surface area contributed by atoms with E-state index in [1.54, 1.807) is 23.1 Å². The second-order valence-electron chi connectivity index (χ2n) is 4.19. The number of aromatic nitrogens is 1. The highest BCUT2D eigenvalue weighted by atomic mass is 32.2. The number of hydrogen-bond acceptors (Lipinski definition) is 5. The van der Waals surface area contributed by atoms with Gasteiger partial charge in [-0.1, -0.05) is 0 Å². The molecule has 2 N–H and O–H groups in total. The first kappa shape index (κ1) is 14.4. The number of nitrogens with zero attached hydrogens (tertiary/aromatic N) is 1. The number of aliphatic hydroxyl groups is 1. The molecule has 1 aromatic heterocycles. The van der Waals surface area contributed by atoms with Crippen LogP contribution >= 0.6 is 23.1 Å². The Morgan fingerprint density at radius 2 is 2.11 bits per heavy atom. The zero-order chi connectivity index (χ0) is 13.5. The van der Waals surface area contributed by atoms with Crippen LogP contribution in [0, 0.1) is 6.92 Å². The van der Waals surface area contributed by atoms with Crippen LogP contribution in [0.25, 0.3) is 0 Å². The van der Waals surface area contributed by atoms with E-state index in [0.29, 0.717) is 0 Å². The summed E-state index contributed by atoms with van der Waals surface area (Å²) in [5.74, 6) is 0.960. The molecule has 0 bridgehead atoms. The van der Waals surface area contributed by atoms with Gasteiger partial charge in [-0.15, -0.1) is 23.1 Å². The van der Waals surface area contributed by atoms with Gasteiger partial charge < -0.3 is 10.4 Å². The second-order valence-corrected chi connectivity index (χ2v) is 6.30. The van der Waals surface area contributed by atoms with E-state index in [0.717, 1.165) is 35.1 Å². The van der Waals surface area contributed by atoms with Gasteiger partial charge >= 0.3 is 0 Å². The van der Waals surface area contributed by atoms with Crippen molar-refractivity contribution in [2.45, 2.75) is 24.8 Å². The Kier molecular flexibility index (Phi) is 5.69. The normalized spacial score (nSPS) is 10.6. The van der Waals surface area contributed by atoms with Crippen molar-refractivity contribution in [3.05, 3.63) is 40.3 Å². The van der Waals surface area contributed by atoms with Crippen LogP contribution in [0.15, 0.2) is 34.5 Å². The van der Waals surface area contributed by atoms with Crippen LogP contribution in [-0.2, 0) is 6.54 Å². The number of nitrogens with one attached hydrogen (secondary N) is 1. The smallest absolute Gasteiger partial charge is 0.112 e. The van der Waals surface area contributed by atoms with Crippen molar-refractivity contribution in [3.63, 3.8) is 0 Å². The lowest BCUT2D eigenvalue weighted by molar-refractivity contribution is 0.296. The standard InChI is InChI=1S/C14H18N2OS2/c1-11-10-19-14(16-11)9-15-12-3-5-13(6-4-12)18-8-2-7-17/h3-6,10,15,17H,2,7-9H2,1H3. The van der Waals surface area contributed by atoms with Crippen LogP contribution in [0.1, 0.15) is 17.1 Å². The predicted octanol–water partition coefficient (Wildman–Crippen LogP) is 3.54. The second kappa shape index (κ2) is 7.53. The van der Waals surface area contributed by atoms with Gasteiger partial charge in [0.1, 0.15) is 5.01 Å². The fourth-order valence-electron chi connectivity index (χ4n) is 1.59. The molecule has 0 saturated carbocycles. The SMILES string of the molecule is Cc1csc(CNc2ccc(SCCCO)cc2)n1. The molecular formula is C14H18N2OS2. The van der Waals surface area contributed by atoms with Crippen LogP contribution in [0.5, 0.6) is 0 Å². The average Bonchev–Trinajstić information content (AvgIpc) is 2.84. The molecule has 2 rings (SSSR count). The topological polar surface area (TPSA) is 45.1 Å². The van der Waals surface area contributed by atoms with E-state index in [1.807, 2.05) is 6.92 Å². The maximum atomic E-state index is 8.74. The van der Waals surface area contributed by atoms with Gasteiger partial charge in [-0.3, -0.25) is 0 Å². The van der Waals surface area contributed by atoms with Gasteiger partial charge in [-0.2, -0.15) is 0 Å². The molecule has 0 saturated heterocycles. The molecule has 1 aromatic carbocycles. The molecule has 0 aliphatic rings. The molecule has 2 aromatic rings. The number of aryl methyl sites for hydroxylation is 1. The number of thioether (sulfide) groups is 1. The van der Waals surface area contributed by atoms with E-state index in [9.17, 15) is 0 Å². The molecule has 3 nitrogen and oxygen atoms in total. The Morgan fingerprint density at radius 1 is 1.32 bits per heavy atom. The van der Waals surface area contributed by atoms with Gasteiger partial charge in [0.15, 0.2) is 0 Å². The summed E-state index contributed by atoms with van der Waals surface area (Å²) in [4.78, 5) is 5.66. The van der Waals surface area contributed by atoms with Crippen molar-refractivity contribution < 1.29 is 5.11 Å². The molecule has 0 aliphatic heterocycles. The summed E-state index contributed by atoms with van der Waals surface area (Å²) in [5.41, 5.74) is 2.19. The quantitative estimate of drug-likeness (QED) is 0.605. The van der Waals surface area contributed by atoms with Gasteiger partial charge in [0, 0.05) is 34.0 Å². The van der Waals surface area contributed by atoms with E-state index in [1.165, 1.54) is 4.90 Å². The summed E-state index contributed by atoms with van der Waals surface area (Å²) in [5, 5.41) is 15.3. The highest BCUT2D eigenvalue weighted by molar-refractivity contribution is 7.99. The van der Waals surface area contributed by atoms with Gasteiger partial charge in [0.05, 0.1) is 6.54 Å². The first-order chi connectivity index (χ1) is 9.28. The van der Waals surface area contributed by atoms with Gasteiger partial charge in [-0.05, 0) is 37.6 Å². The van der Waals surface area contributed by atoms with Crippen LogP contribution in [0.3, 0.4) is 0 Å². The molecular weight excluding hydrogens is 276 g/mol. The molecule has 19 heavy (non-hydrogen) atoms. The van der Waals surface area contributed by atoms with Crippen molar-refractivity contribution in [1.29, 1.82) is 0 Å².